The summed E-state index contributed by atoms with van der Waals surface area (Å²) in [6, 6.07) is 2.43. The lowest BCUT2D eigenvalue weighted by Crippen LogP contribution is -2.26. The van der Waals surface area contributed by atoms with Gasteiger partial charge in [-0.3, -0.25) is 14.9 Å². The third-order valence-electron chi connectivity index (χ3n) is 2.72. The number of halogens is 1. The highest BCUT2D eigenvalue weighted by molar-refractivity contribution is 9.10. The number of rotatable bonds is 7. The van der Waals surface area contributed by atoms with Crippen molar-refractivity contribution in [1.29, 1.82) is 0 Å². The van der Waals surface area contributed by atoms with E-state index in [4.69, 9.17) is 15.6 Å². The van der Waals surface area contributed by atoms with Crippen LogP contribution in [0.1, 0.15) is 16.8 Å². The van der Waals surface area contributed by atoms with E-state index in [1.807, 2.05) is 0 Å². The van der Waals surface area contributed by atoms with Crippen LogP contribution < -0.4 is 10.5 Å². The number of carboxylic acid groups (broad SMARTS) is 1. The first-order chi connectivity index (χ1) is 10.2. The Balaban J connectivity index is 2.85. The zero-order valence-corrected chi connectivity index (χ0v) is 13.2. The number of nitro groups is 1. The highest BCUT2D eigenvalue weighted by Gasteiger charge is 2.22. The summed E-state index contributed by atoms with van der Waals surface area (Å²) in [5.74, 6) is -0.850. The maximum atomic E-state index is 11.2. The van der Waals surface area contributed by atoms with Crippen molar-refractivity contribution in [2.24, 2.45) is 5.73 Å². The van der Waals surface area contributed by atoms with Crippen molar-refractivity contribution in [3.63, 3.8) is 0 Å². The van der Waals surface area contributed by atoms with Crippen molar-refractivity contribution in [2.45, 2.75) is 6.42 Å². The van der Waals surface area contributed by atoms with Crippen LogP contribution in [0.5, 0.6) is 5.75 Å². The minimum atomic E-state index is -1.08. The zero-order valence-electron chi connectivity index (χ0n) is 11.6. The van der Waals surface area contributed by atoms with E-state index in [-0.39, 0.29) is 34.6 Å². The fourth-order valence-electron chi connectivity index (χ4n) is 1.58. The molecule has 1 aromatic carbocycles. The molecule has 0 bridgehead atoms. The van der Waals surface area contributed by atoms with Crippen LogP contribution in [0.15, 0.2) is 16.6 Å². The number of ether oxygens (including phenoxy) is 1. The molecular formula is C12H14BrN3O6. The lowest BCUT2D eigenvalue weighted by atomic mass is 10.2. The van der Waals surface area contributed by atoms with Crippen molar-refractivity contribution in [2.75, 3.05) is 20.2 Å². The van der Waals surface area contributed by atoms with Crippen molar-refractivity contribution >= 4 is 33.6 Å². The third kappa shape index (κ3) is 4.58. The average molecular weight is 376 g/mol. The Bertz CT molecular complexity index is 607. The molecule has 0 radical (unpaired) electrons. The molecule has 3 N–H and O–H groups in total. The van der Waals surface area contributed by atoms with Gasteiger partial charge in [-0.1, -0.05) is 0 Å². The molecule has 0 aliphatic rings. The standard InChI is InChI=1S/C12H14BrN3O6/c1-15(12(18)19)3-2-4-22-9-6-7(11(14)17)5-8(13)10(9)16(20)21/h5-6H,2-4H2,1H3,(H2,14,17)(H,18,19). The second-order valence-corrected chi connectivity index (χ2v) is 5.19. The molecule has 10 heteroatoms. The van der Waals surface area contributed by atoms with Crippen LogP contribution in [0.25, 0.3) is 0 Å². The van der Waals surface area contributed by atoms with Gasteiger partial charge in [0.15, 0.2) is 5.75 Å². The highest BCUT2D eigenvalue weighted by atomic mass is 79.9. The predicted octanol–water partition coefficient (Wildman–Crippen LogP) is 1.83. The predicted molar refractivity (Wildman–Crippen MR) is 80.1 cm³/mol. The number of benzene rings is 1. The number of nitrogens with zero attached hydrogens (tertiary/aromatic N) is 2. The second-order valence-electron chi connectivity index (χ2n) is 4.33. The van der Waals surface area contributed by atoms with Gasteiger partial charge >= 0.3 is 11.8 Å². The van der Waals surface area contributed by atoms with Crippen molar-refractivity contribution in [1.82, 2.24) is 4.90 Å². The maximum absolute atomic E-state index is 11.2. The van der Waals surface area contributed by atoms with Gasteiger partial charge in [0.25, 0.3) is 0 Å². The van der Waals surface area contributed by atoms with Crippen LogP contribution in [0.2, 0.25) is 0 Å². The minimum Gasteiger partial charge on any atom is -0.487 e. The molecular weight excluding hydrogens is 362 g/mol. The fourth-order valence-corrected chi connectivity index (χ4v) is 2.17. The topological polar surface area (TPSA) is 136 Å². The Kier molecular flexibility index (Phi) is 6.11. The molecule has 0 saturated heterocycles. The smallest absolute Gasteiger partial charge is 0.407 e. The summed E-state index contributed by atoms with van der Waals surface area (Å²) >= 11 is 3.00. The molecule has 0 aliphatic carbocycles. The Morgan fingerprint density at radius 2 is 2.14 bits per heavy atom. The van der Waals surface area contributed by atoms with E-state index < -0.39 is 16.9 Å². The van der Waals surface area contributed by atoms with Crippen LogP contribution in [0.4, 0.5) is 10.5 Å². The van der Waals surface area contributed by atoms with Crippen LogP contribution in [0, 0.1) is 10.1 Å². The van der Waals surface area contributed by atoms with Crippen molar-refractivity contribution < 1.29 is 24.4 Å². The zero-order chi connectivity index (χ0) is 16.9. The normalized spacial score (nSPS) is 10.1. The molecule has 0 fully saturated rings. The van der Waals surface area contributed by atoms with Crippen LogP contribution >= 0.6 is 15.9 Å². The molecule has 0 aliphatic heterocycles. The summed E-state index contributed by atoms with van der Waals surface area (Å²) in [5, 5.41) is 19.7. The van der Waals surface area contributed by atoms with Gasteiger partial charge in [0, 0.05) is 25.2 Å². The van der Waals surface area contributed by atoms with Crippen LogP contribution in [0.3, 0.4) is 0 Å². The summed E-state index contributed by atoms with van der Waals surface area (Å²) in [4.78, 5) is 33.3. The van der Waals surface area contributed by atoms with Gasteiger partial charge < -0.3 is 20.5 Å². The summed E-state index contributed by atoms with van der Waals surface area (Å²) in [5.41, 5.74) is 4.89. The molecule has 9 nitrogen and oxygen atoms in total. The second kappa shape index (κ2) is 7.59. The van der Waals surface area contributed by atoms with Gasteiger partial charge in [-0.2, -0.15) is 0 Å². The summed E-state index contributed by atoms with van der Waals surface area (Å²) in [7, 11) is 1.40. The van der Waals surface area contributed by atoms with Crippen LogP contribution in [-0.2, 0) is 0 Å². The first-order valence-electron chi connectivity index (χ1n) is 6.08. The quantitative estimate of drug-likeness (QED) is 0.423. The van der Waals surface area contributed by atoms with Gasteiger partial charge in [0.05, 0.1) is 11.5 Å². The average Bonchev–Trinajstić information content (AvgIpc) is 2.41. The molecule has 2 amide bonds. The third-order valence-corrected chi connectivity index (χ3v) is 3.32. The van der Waals surface area contributed by atoms with E-state index in [2.05, 4.69) is 15.9 Å². The van der Waals surface area contributed by atoms with E-state index in [1.54, 1.807) is 0 Å². The molecule has 0 saturated carbocycles. The summed E-state index contributed by atoms with van der Waals surface area (Å²) in [6.07, 6.45) is -0.747. The number of nitrogens with two attached hydrogens (primary N) is 1. The van der Waals surface area contributed by atoms with E-state index >= 15 is 0 Å². The van der Waals surface area contributed by atoms with E-state index in [1.165, 1.54) is 19.2 Å². The molecule has 0 heterocycles. The van der Waals surface area contributed by atoms with Gasteiger partial charge in [0.1, 0.15) is 4.47 Å². The Morgan fingerprint density at radius 1 is 1.50 bits per heavy atom. The number of carbonyl (C=O) groups excluding carboxylic acids is 1. The Labute approximate surface area is 133 Å². The fraction of sp³-hybridized carbons (Fsp3) is 0.333. The molecule has 0 aromatic heterocycles. The monoisotopic (exact) mass is 375 g/mol. The van der Waals surface area contributed by atoms with Crippen molar-refractivity contribution in [3.8, 4) is 5.75 Å². The largest absolute Gasteiger partial charge is 0.487 e. The summed E-state index contributed by atoms with van der Waals surface area (Å²) < 4.78 is 5.38. The van der Waals surface area contributed by atoms with Gasteiger partial charge in [-0.05, 0) is 28.4 Å². The lowest BCUT2D eigenvalue weighted by Gasteiger charge is -2.13. The molecule has 1 aromatic rings. The van der Waals surface area contributed by atoms with Crippen molar-refractivity contribution in [3.05, 3.63) is 32.3 Å². The number of carbonyl (C=O) groups is 2. The molecule has 120 valence electrons. The lowest BCUT2D eigenvalue weighted by molar-refractivity contribution is -0.386. The molecule has 0 unspecified atom stereocenters. The molecule has 22 heavy (non-hydrogen) atoms. The molecule has 0 atom stereocenters. The van der Waals surface area contributed by atoms with E-state index in [9.17, 15) is 19.7 Å². The molecule has 0 spiro atoms. The Hall–Kier alpha value is -2.36. The number of amides is 2. The van der Waals surface area contributed by atoms with E-state index in [0.29, 0.717) is 6.42 Å². The number of hydrogen-bond donors (Lipinski definition) is 2. The van der Waals surface area contributed by atoms with Gasteiger partial charge in [-0.15, -0.1) is 0 Å². The first kappa shape index (κ1) is 17.7. The van der Waals surface area contributed by atoms with Gasteiger partial charge in [0.2, 0.25) is 5.91 Å². The number of hydrogen-bond acceptors (Lipinski definition) is 5. The summed E-state index contributed by atoms with van der Waals surface area (Å²) in [6.45, 7) is 0.257. The maximum Gasteiger partial charge on any atom is 0.407 e. The van der Waals surface area contributed by atoms with E-state index in [0.717, 1.165) is 4.90 Å². The number of primary amides is 1. The minimum absolute atomic E-state index is 0.0487. The first-order valence-corrected chi connectivity index (χ1v) is 6.88. The highest BCUT2D eigenvalue weighted by Crippen LogP contribution is 2.36. The SMILES string of the molecule is CN(CCCOc1cc(C(N)=O)cc(Br)c1[N+](=O)[O-])C(=O)O. The number of nitro benzene ring substituents is 1. The molecule has 1 rings (SSSR count). The van der Waals surface area contributed by atoms with Crippen LogP contribution in [-0.4, -0.2) is 47.1 Å². The van der Waals surface area contributed by atoms with Gasteiger partial charge in [-0.25, -0.2) is 4.79 Å². The Morgan fingerprint density at radius 3 is 2.64 bits per heavy atom.